The van der Waals surface area contributed by atoms with Gasteiger partial charge < -0.3 is 14.7 Å². The van der Waals surface area contributed by atoms with Crippen molar-refractivity contribution in [1.29, 1.82) is 0 Å². The van der Waals surface area contributed by atoms with Crippen molar-refractivity contribution < 1.29 is 4.52 Å². The van der Waals surface area contributed by atoms with Gasteiger partial charge in [0.1, 0.15) is 12.0 Å². The molecule has 1 aliphatic rings. The van der Waals surface area contributed by atoms with Gasteiger partial charge >= 0.3 is 0 Å². The van der Waals surface area contributed by atoms with Gasteiger partial charge in [-0.1, -0.05) is 19.0 Å². The lowest BCUT2D eigenvalue weighted by atomic mass is 9.97. The van der Waals surface area contributed by atoms with Crippen LogP contribution in [0, 0.1) is 11.8 Å². The average molecular weight is 264 g/mol. The topological polar surface area (TPSA) is 53.7 Å². The van der Waals surface area contributed by atoms with Crippen LogP contribution < -0.4 is 5.32 Å². The van der Waals surface area contributed by atoms with E-state index in [-0.39, 0.29) is 0 Å². The number of aliphatic imine (C=N–C) groups is 1. The number of hydrogen-bond acceptors (Lipinski definition) is 3. The maximum atomic E-state index is 4.82. The van der Waals surface area contributed by atoms with Gasteiger partial charge in [0.05, 0.1) is 6.54 Å². The first-order chi connectivity index (χ1) is 9.19. The summed E-state index contributed by atoms with van der Waals surface area (Å²) < 4.78 is 4.82. The van der Waals surface area contributed by atoms with Gasteiger partial charge in [0.25, 0.3) is 0 Å². The second kappa shape index (κ2) is 6.59. The fourth-order valence-corrected chi connectivity index (χ4v) is 2.71. The molecule has 1 N–H and O–H groups in total. The van der Waals surface area contributed by atoms with Crippen molar-refractivity contribution in [2.24, 2.45) is 16.8 Å². The predicted molar refractivity (Wildman–Crippen MR) is 75.8 cm³/mol. The summed E-state index contributed by atoms with van der Waals surface area (Å²) in [5.74, 6) is 2.54. The van der Waals surface area contributed by atoms with Crippen LogP contribution in [-0.4, -0.2) is 36.2 Å². The minimum atomic E-state index is 0.661. The lowest BCUT2D eigenvalue weighted by Crippen LogP contribution is -2.39. The first kappa shape index (κ1) is 13.9. The Morgan fingerprint density at radius 1 is 1.63 bits per heavy atom. The lowest BCUT2D eigenvalue weighted by Gasteiger charge is -2.21. The standard InChI is InChI=1S/C14H24N4O/c1-11(2)8-12-4-6-18(10-12)14(15-3)16-9-13-5-7-19-17-13/h5,7,11-12H,4,6,8-10H2,1-3H3,(H,15,16). The lowest BCUT2D eigenvalue weighted by molar-refractivity contribution is 0.399. The van der Waals surface area contributed by atoms with Crippen LogP contribution in [-0.2, 0) is 6.54 Å². The van der Waals surface area contributed by atoms with E-state index in [1.165, 1.54) is 12.8 Å². The quantitative estimate of drug-likeness (QED) is 0.668. The number of aromatic nitrogens is 1. The average Bonchev–Trinajstić information content (AvgIpc) is 3.01. The molecule has 5 heteroatoms. The molecular weight excluding hydrogens is 240 g/mol. The summed E-state index contributed by atoms with van der Waals surface area (Å²) in [6, 6.07) is 1.87. The van der Waals surface area contributed by atoms with Crippen molar-refractivity contribution in [3.05, 3.63) is 18.0 Å². The number of likely N-dealkylation sites (tertiary alicyclic amines) is 1. The maximum Gasteiger partial charge on any atom is 0.193 e. The molecule has 1 saturated heterocycles. The zero-order valence-corrected chi connectivity index (χ0v) is 12.1. The van der Waals surface area contributed by atoms with Crippen molar-refractivity contribution in [1.82, 2.24) is 15.4 Å². The Morgan fingerprint density at radius 2 is 2.47 bits per heavy atom. The van der Waals surface area contributed by atoms with E-state index in [1.54, 1.807) is 6.26 Å². The third-order valence-electron chi connectivity index (χ3n) is 3.52. The van der Waals surface area contributed by atoms with Crippen LogP contribution in [0.25, 0.3) is 0 Å². The molecule has 0 aromatic carbocycles. The normalized spacial score (nSPS) is 20.3. The fourth-order valence-electron chi connectivity index (χ4n) is 2.71. The van der Waals surface area contributed by atoms with Crippen LogP contribution in [0.15, 0.2) is 21.8 Å². The summed E-state index contributed by atoms with van der Waals surface area (Å²) in [4.78, 5) is 6.70. The number of nitrogens with zero attached hydrogens (tertiary/aromatic N) is 3. The highest BCUT2D eigenvalue weighted by Gasteiger charge is 2.25. The Labute approximate surface area is 115 Å². The van der Waals surface area contributed by atoms with Gasteiger partial charge in [0.15, 0.2) is 5.96 Å². The van der Waals surface area contributed by atoms with Crippen LogP contribution in [0.3, 0.4) is 0 Å². The zero-order chi connectivity index (χ0) is 13.7. The molecule has 2 heterocycles. The first-order valence-electron chi connectivity index (χ1n) is 7.04. The third-order valence-corrected chi connectivity index (χ3v) is 3.52. The Morgan fingerprint density at radius 3 is 3.11 bits per heavy atom. The molecule has 1 aliphatic heterocycles. The molecule has 0 bridgehead atoms. The van der Waals surface area contributed by atoms with E-state index in [0.29, 0.717) is 6.54 Å². The van der Waals surface area contributed by atoms with Gasteiger partial charge in [0.2, 0.25) is 0 Å². The summed E-state index contributed by atoms with van der Waals surface area (Å²) in [6.45, 7) is 7.45. The molecule has 1 fully saturated rings. The van der Waals surface area contributed by atoms with Gasteiger partial charge in [-0.2, -0.15) is 0 Å². The first-order valence-corrected chi connectivity index (χ1v) is 7.04. The summed E-state index contributed by atoms with van der Waals surface area (Å²) in [7, 11) is 1.83. The van der Waals surface area contributed by atoms with E-state index >= 15 is 0 Å². The second-order valence-electron chi connectivity index (χ2n) is 5.62. The molecule has 1 aromatic heterocycles. The maximum absolute atomic E-state index is 4.82. The largest absolute Gasteiger partial charge is 0.364 e. The van der Waals surface area contributed by atoms with Crippen molar-refractivity contribution in [3.8, 4) is 0 Å². The molecule has 1 aromatic rings. The summed E-state index contributed by atoms with van der Waals surface area (Å²) in [5.41, 5.74) is 0.902. The molecule has 0 aliphatic carbocycles. The summed E-state index contributed by atoms with van der Waals surface area (Å²) >= 11 is 0. The molecule has 19 heavy (non-hydrogen) atoms. The predicted octanol–water partition coefficient (Wildman–Crippen LogP) is 2.12. The van der Waals surface area contributed by atoms with Gasteiger partial charge in [-0.15, -0.1) is 0 Å². The minimum Gasteiger partial charge on any atom is -0.364 e. The minimum absolute atomic E-state index is 0.661. The smallest absolute Gasteiger partial charge is 0.193 e. The molecule has 106 valence electrons. The Hall–Kier alpha value is -1.52. The fraction of sp³-hybridized carbons (Fsp3) is 0.714. The number of guanidine groups is 1. The van der Waals surface area contributed by atoms with Crippen LogP contribution in [0.2, 0.25) is 0 Å². The molecule has 2 rings (SSSR count). The van der Waals surface area contributed by atoms with Gasteiger partial charge in [-0.3, -0.25) is 4.99 Å². The molecule has 5 nitrogen and oxygen atoms in total. The molecule has 0 saturated carbocycles. The van der Waals surface area contributed by atoms with Gasteiger partial charge in [0, 0.05) is 26.2 Å². The number of rotatable bonds is 4. The van der Waals surface area contributed by atoms with E-state index in [4.69, 9.17) is 4.52 Å². The van der Waals surface area contributed by atoms with E-state index in [0.717, 1.165) is 36.6 Å². The van der Waals surface area contributed by atoms with Crippen molar-refractivity contribution in [2.45, 2.75) is 33.2 Å². The number of nitrogens with one attached hydrogen (secondary N) is 1. The molecule has 0 amide bonds. The van der Waals surface area contributed by atoms with Crippen molar-refractivity contribution in [2.75, 3.05) is 20.1 Å². The van der Waals surface area contributed by atoms with Crippen LogP contribution in [0.4, 0.5) is 0 Å². The molecule has 0 radical (unpaired) electrons. The van der Waals surface area contributed by atoms with Crippen LogP contribution in [0.1, 0.15) is 32.4 Å². The molecule has 1 unspecified atom stereocenters. The SMILES string of the molecule is CN=C(NCc1ccon1)N1CCC(CC(C)C)C1. The van der Waals surface area contributed by atoms with Crippen molar-refractivity contribution >= 4 is 5.96 Å². The monoisotopic (exact) mass is 264 g/mol. The van der Waals surface area contributed by atoms with E-state index in [9.17, 15) is 0 Å². The Balaban J connectivity index is 1.82. The third kappa shape index (κ3) is 3.98. The molecular formula is C14H24N4O. The zero-order valence-electron chi connectivity index (χ0n) is 12.1. The highest BCUT2D eigenvalue weighted by molar-refractivity contribution is 5.80. The molecule has 1 atom stereocenters. The number of hydrogen-bond donors (Lipinski definition) is 1. The van der Waals surface area contributed by atoms with Crippen molar-refractivity contribution in [3.63, 3.8) is 0 Å². The van der Waals surface area contributed by atoms with Gasteiger partial charge in [-0.05, 0) is 24.7 Å². The molecule has 0 spiro atoms. The van der Waals surface area contributed by atoms with Crippen LogP contribution in [0.5, 0.6) is 0 Å². The van der Waals surface area contributed by atoms with Gasteiger partial charge in [-0.25, -0.2) is 0 Å². The van der Waals surface area contributed by atoms with E-state index < -0.39 is 0 Å². The second-order valence-corrected chi connectivity index (χ2v) is 5.62. The Bertz CT molecular complexity index is 400. The Kier molecular flexibility index (Phi) is 4.82. The summed E-state index contributed by atoms with van der Waals surface area (Å²) in [6.07, 6.45) is 4.16. The van der Waals surface area contributed by atoms with Crippen LogP contribution >= 0.6 is 0 Å². The highest BCUT2D eigenvalue weighted by atomic mass is 16.5. The van der Waals surface area contributed by atoms with E-state index in [2.05, 4.69) is 34.2 Å². The summed E-state index contributed by atoms with van der Waals surface area (Å²) in [5, 5.41) is 7.23. The highest BCUT2D eigenvalue weighted by Crippen LogP contribution is 2.23. The van der Waals surface area contributed by atoms with E-state index in [1.807, 2.05) is 13.1 Å².